The molecule has 0 N–H and O–H groups in total. The van der Waals surface area contributed by atoms with Crippen molar-refractivity contribution in [2.24, 2.45) is 23.7 Å². The van der Waals surface area contributed by atoms with E-state index in [1.807, 2.05) is 0 Å². The van der Waals surface area contributed by atoms with Gasteiger partial charge >= 0.3 is 17.9 Å². The van der Waals surface area contributed by atoms with Crippen molar-refractivity contribution in [3.05, 3.63) is 12.2 Å². The lowest BCUT2D eigenvalue weighted by Gasteiger charge is -2.33. The van der Waals surface area contributed by atoms with Crippen LogP contribution in [0.1, 0.15) is 41.0 Å². The second kappa shape index (κ2) is 6.37. The van der Waals surface area contributed by atoms with E-state index in [2.05, 4.69) is 6.58 Å². The van der Waals surface area contributed by atoms with Gasteiger partial charge in [-0.3, -0.25) is 9.59 Å². The van der Waals surface area contributed by atoms with Crippen LogP contribution in [0.4, 0.5) is 0 Å². The van der Waals surface area contributed by atoms with Crippen molar-refractivity contribution in [3.8, 4) is 0 Å². The molecule has 2 aliphatic carbocycles. The van der Waals surface area contributed by atoms with E-state index < -0.39 is 47.9 Å². The van der Waals surface area contributed by atoms with Gasteiger partial charge in [0.15, 0.2) is 0 Å². The molecule has 0 aromatic carbocycles. The molecule has 0 spiro atoms. The van der Waals surface area contributed by atoms with Crippen LogP contribution in [0.3, 0.4) is 0 Å². The van der Waals surface area contributed by atoms with Crippen LogP contribution in [0.25, 0.3) is 0 Å². The number of hydrogen-bond acceptors (Lipinski definition) is 7. The average Bonchev–Trinajstić information content (AvgIpc) is 3.08. The van der Waals surface area contributed by atoms with Crippen LogP contribution < -0.4 is 0 Å². The van der Waals surface area contributed by atoms with Gasteiger partial charge in [-0.05, 0) is 41.0 Å². The summed E-state index contributed by atoms with van der Waals surface area (Å²) in [5, 5.41) is 0. The highest BCUT2D eigenvalue weighted by Crippen LogP contribution is 2.59. The molecule has 144 valence electrons. The molecule has 3 aliphatic rings. The lowest BCUT2D eigenvalue weighted by Crippen LogP contribution is -2.45. The number of ether oxygens (including phenoxy) is 4. The van der Waals surface area contributed by atoms with Crippen LogP contribution in [0.15, 0.2) is 12.2 Å². The standard InChI is InChI=1S/C19H26O7/c1-8(2)16(20)24-9(3)23-14-11-7-10-12(17(21)25-15(10)14)13(11)18(22)26-19(4,5)6/h9-15H,1,7H2,2-6H3. The summed E-state index contributed by atoms with van der Waals surface area (Å²) in [6, 6.07) is 0. The number of rotatable bonds is 5. The van der Waals surface area contributed by atoms with Gasteiger partial charge in [-0.15, -0.1) is 0 Å². The van der Waals surface area contributed by atoms with Crippen LogP contribution in [0.5, 0.6) is 0 Å². The van der Waals surface area contributed by atoms with Crippen LogP contribution in [-0.2, 0) is 33.3 Å². The molecule has 0 amide bonds. The third-order valence-corrected chi connectivity index (χ3v) is 5.20. The van der Waals surface area contributed by atoms with Crippen LogP contribution in [-0.4, -0.2) is 42.0 Å². The van der Waals surface area contributed by atoms with Crippen LogP contribution >= 0.6 is 0 Å². The van der Waals surface area contributed by atoms with Gasteiger partial charge in [0.1, 0.15) is 17.8 Å². The summed E-state index contributed by atoms with van der Waals surface area (Å²) in [5.74, 6) is -2.61. The van der Waals surface area contributed by atoms with Crippen LogP contribution in [0.2, 0.25) is 0 Å². The first-order valence-corrected chi connectivity index (χ1v) is 8.95. The molecule has 2 bridgehead atoms. The zero-order valence-electron chi connectivity index (χ0n) is 15.8. The van der Waals surface area contributed by atoms with Crippen molar-refractivity contribution in [2.45, 2.75) is 65.1 Å². The van der Waals surface area contributed by atoms with Crippen molar-refractivity contribution >= 4 is 17.9 Å². The molecule has 26 heavy (non-hydrogen) atoms. The Kier molecular flexibility index (Phi) is 4.63. The first-order chi connectivity index (χ1) is 12.0. The van der Waals surface area contributed by atoms with Crippen molar-refractivity contribution in [1.82, 2.24) is 0 Å². The largest absolute Gasteiger partial charge is 0.460 e. The van der Waals surface area contributed by atoms with E-state index >= 15 is 0 Å². The van der Waals surface area contributed by atoms with Crippen molar-refractivity contribution < 1.29 is 33.3 Å². The van der Waals surface area contributed by atoms with Gasteiger partial charge in [-0.25, -0.2) is 4.79 Å². The van der Waals surface area contributed by atoms with Gasteiger partial charge in [0.2, 0.25) is 6.29 Å². The number of esters is 3. The lowest BCUT2D eigenvalue weighted by molar-refractivity contribution is -0.202. The SMILES string of the molecule is C=C(C)C(=O)OC(C)OC1C2CC3C1OC(=O)C3C2C(=O)OC(C)(C)C. The first-order valence-electron chi connectivity index (χ1n) is 8.95. The summed E-state index contributed by atoms with van der Waals surface area (Å²) in [6.07, 6.45) is -1.06. The van der Waals surface area contributed by atoms with Gasteiger partial charge in [0.05, 0.1) is 11.8 Å². The Labute approximate surface area is 153 Å². The number of hydrogen-bond donors (Lipinski definition) is 0. The average molecular weight is 366 g/mol. The highest BCUT2D eigenvalue weighted by atomic mass is 16.7. The molecule has 7 atom stereocenters. The molecule has 7 heteroatoms. The second-order valence-corrected chi connectivity index (χ2v) is 8.40. The number of fused-ring (bicyclic) bond motifs is 1. The molecular formula is C19H26O7. The molecule has 0 aromatic heterocycles. The molecule has 1 aliphatic heterocycles. The molecule has 1 heterocycles. The van der Waals surface area contributed by atoms with E-state index in [9.17, 15) is 14.4 Å². The topological polar surface area (TPSA) is 88.1 Å². The molecule has 0 aromatic rings. The maximum Gasteiger partial charge on any atom is 0.335 e. The molecule has 1 saturated heterocycles. The quantitative estimate of drug-likeness (QED) is 0.318. The molecule has 2 saturated carbocycles. The summed E-state index contributed by atoms with van der Waals surface area (Å²) < 4.78 is 22.1. The predicted molar refractivity (Wildman–Crippen MR) is 89.5 cm³/mol. The molecule has 7 nitrogen and oxygen atoms in total. The van der Waals surface area contributed by atoms with Crippen LogP contribution in [0, 0.1) is 23.7 Å². The van der Waals surface area contributed by atoms with E-state index in [1.165, 1.54) is 0 Å². The lowest BCUT2D eigenvalue weighted by atomic mass is 9.78. The Morgan fingerprint density at radius 3 is 2.50 bits per heavy atom. The minimum atomic E-state index is -0.833. The monoisotopic (exact) mass is 366 g/mol. The van der Waals surface area contributed by atoms with E-state index in [1.54, 1.807) is 34.6 Å². The molecule has 3 rings (SSSR count). The number of carbonyl (C=O) groups excluding carboxylic acids is 3. The van der Waals surface area contributed by atoms with Gasteiger partial charge in [0.25, 0.3) is 0 Å². The Bertz CT molecular complexity index is 647. The number of carbonyl (C=O) groups is 3. The highest BCUT2D eigenvalue weighted by Gasteiger charge is 2.69. The van der Waals surface area contributed by atoms with E-state index in [4.69, 9.17) is 18.9 Å². The minimum Gasteiger partial charge on any atom is -0.460 e. The Morgan fingerprint density at radius 2 is 1.92 bits per heavy atom. The third kappa shape index (κ3) is 3.24. The fourth-order valence-corrected chi connectivity index (χ4v) is 4.36. The second-order valence-electron chi connectivity index (χ2n) is 8.40. The maximum atomic E-state index is 12.7. The van der Waals surface area contributed by atoms with E-state index in [0.717, 1.165) is 0 Å². The molecular weight excluding hydrogens is 340 g/mol. The zero-order valence-corrected chi connectivity index (χ0v) is 15.8. The normalized spacial score (nSPS) is 35.8. The summed E-state index contributed by atoms with van der Waals surface area (Å²) in [4.78, 5) is 36.7. The van der Waals surface area contributed by atoms with E-state index in [-0.39, 0.29) is 23.4 Å². The fraction of sp³-hybridized carbons (Fsp3) is 0.737. The maximum absolute atomic E-state index is 12.7. The summed E-state index contributed by atoms with van der Waals surface area (Å²) in [7, 11) is 0. The third-order valence-electron chi connectivity index (χ3n) is 5.20. The zero-order chi connectivity index (χ0) is 19.4. The Balaban J connectivity index is 1.75. The summed E-state index contributed by atoms with van der Waals surface area (Å²) >= 11 is 0. The predicted octanol–water partition coefficient (Wildman–Crippen LogP) is 1.99. The van der Waals surface area contributed by atoms with Gasteiger partial charge in [-0.2, -0.15) is 0 Å². The molecule has 3 fully saturated rings. The van der Waals surface area contributed by atoms with Crippen molar-refractivity contribution in [3.63, 3.8) is 0 Å². The van der Waals surface area contributed by atoms with E-state index in [0.29, 0.717) is 6.42 Å². The first kappa shape index (κ1) is 18.9. The van der Waals surface area contributed by atoms with Gasteiger partial charge in [-0.1, -0.05) is 6.58 Å². The van der Waals surface area contributed by atoms with Crippen molar-refractivity contribution in [2.75, 3.05) is 0 Å². The fourth-order valence-electron chi connectivity index (χ4n) is 4.36. The molecule has 7 unspecified atom stereocenters. The summed E-state index contributed by atoms with van der Waals surface area (Å²) in [5.41, 5.74) is -0.367. The van der Waals surface area contributed by atoms with Gasteiger partial charge in [0, 0.05) is 17.4 Å². The Hall–Kier alpha value is -1.89. The smallest absolute Gasteiger partial charge is 0.335 e. The Morgan fingerprint density at radius 1 is 1.27 bits per heavy atom. The highest BCUT2D eigenvalue weighted by molar-refractivity contribution is 5.87. The molecule has 0 radical (unpaired) electrons. The summed E-state index contributed by atoms with van der Waals surface area (Å²) in [6.45, 7) is 12.1. The van der Waals surface area contributed by atoms with Gasteiger partial charge < -0.3 is 18.9 Å². The minimum absolute atomic E-state index is 0.0564. The van der Waals surface area contributed by atoms with Crippen molar-refractivity contribution in [1.29, 1.82) is 0 Å².